The number of nitrogens with one attached hydrogen (secondary N) is 1. The van der Waals surface area contributed by atoms with Crippen LogP contribution in [0.3, 0.4) is 0 Å². The number of ether oxygens (including phenoxy) is 1. The first-order valence-corrected chi connectivity index (χ1v) is 9.73. The number of nitrogens with zero attached hydrogens (tertiary/aromatic N) is 3. The van der Waals surface area contributed by atoms with Crippen LogP contribution in [-0.2, 0) is 20.9 Å². The summed E-state index contributed by atoms with van der Waals surface area (Å²) in [5, 5.41) is 22.4. The molecular formula is C22H23FN4O5. The molecule has 0 atom stereocenters. The van der Waals surface area contributed by atoms with Gasteiger partial charge in [0.25, 0.3) is 5.91 Å². The van der Waals surface area contributed by atoms with Crippen LogP contribution in [0.25, 0.3) is 6.08 Å². The Balaban J connectivity index is 2.07. The van der Waals surface area contributed by atoms with Crippen LogP contribution in [0.5, 0.6) is 0 Å². The topological polar surface area (TPSA) is 127 Å². The van der Waals surface area contributed by atoms with E-state index in [-0.39, 0.29) is 11.3 Å². The van der Waals surface area contributed by atoms with Crippen molar-refractivity contribution in [3.63, 3.8) is 0 Å². The van der Waals surface area contributed by atoms with Gasteiger partial charge in [0.05, 0.1) is 4.92 Å². The van der Waals surface area contributed by atoms with Gasteiger partial charge in [-0.05, 0) is 49.6 Å². The number of nitro groups is 1. The van der Waals surface area contributed by atoms with Gasteiger partial charge in [-0.15, -0.1) is 0 Å². The molecule has 0 bridgehead atoms. The monoisotopic (exact) mass is 442 g/mol. The first-order chi connectivity index (χ1) is 15.0. The van der Waals surface area contributed by atoms with E-state index in [1.54, 1.807) is 6.07 Å². The molecule has 2 aromatic rings. The number of benzene rings is 1. The van der Waals surface area contributed by atoms with Crippen LogP contribution in [0, 0.1) is 47.0 Å². The average Bonchev–Trinajstić information content (AvgIpc) is 2.98. The maximum atomic E-state index is 13.4. The number of anilines is 1. The van der Waals surface area contributed by atoms with Crippen molar-refractivity contribution in [2.45, 2.75) is 34.2 Å². The number of aromatic nitrogens is 1. The molecule has 0 saturated carbocycles. The van der Waals surface area contributed by atoms with Gasteiger partial charge in [0.1, 0.15) is 11.6 Å². The molecule has 0 aliphatic carbocycles. The number of aryl methyl sites for hydroxylation is 1. The molecule has 0 aliphatic rings. The van der Waals surface area contributed by atoms with Crippen LogP contribution < -0.4 is 5.32 Å². The second-order valence-corrected chi connectivity index (χ2v) is 7.55. The molecule has 1 amide bonds. The van der Waals surface area contributed by atoms with Crippen molar-refractivity contribution in [1.82, 2.24) is 4.57 Å². The molecule has 0 radical (unpaired) electrons. The van der Waals surface area contributed by atoms with Gasteiger partial charge >= 0.3 is 11.7 Å². The normalized spacial score (nSPS) is 11.2. The molecule has 1 heterocycles. The number of esters is 1. The third-order valence-electron chi connectivity index (χ3n) is 4.56. The van der Waals surface area contributed by atoms with Crippen molar-refractivity contribution in [2.75, 3.05) is 11.9 Å². The highest BCUT2D eigenvalue weighted by molar-refractivity contribution is 6.00. The van der Waals surface area contributed by atoms with Crippen molar-refractivity contribution in [3.05, 3.63) is 62.7 Å². The molecule has 2 rings (SSSR count). The molecule has 0 spiro atoms. The molecule has 9 nitrogen and oxygen atoms in total. The fraction of sp³-hybridized carbons (Fsp3) is 0.318. The number of hydrogen-bond donors (Lipinski definition) is 1. The predicted molar refractivity (Wildman–Crippen MR) is 115 cm³/mol. The minimum absolute atomic E-state index is 0.0345. The van der Waals surface area contributed by atoms with Crippen molar-refractivity contribution >= 4 is 29.3 Å². The summed E-state index contributed by atoms with van der Waals surface area (Å²) >= 11 is 0. The Morgan fingerprint density at radius 3 is 2.62 bits per heavy atom. The molecule has 0 unspecified atom stereocenters. The van der Waals surface area contributed by atoms with Crippen LogP contribution in [0.2, 0.25) is 0 Å². The van der Waals surface area contributed by atoms with Crippen LogP contribution in [0.1, 0.15) is 30.8 Å². The van der Waals surface area contributed by atoms with E-state index in [2.05, 4.69) is 23.7 Å². The van der Waals surface area contributed by atoms with Crippen molar-refractivity contribution in [2.24, 2.45) is 5.92 Å². The second kappa shape index (κ2) is 10.3. The second-order valence-electron chi connectivity index (χ2n) is 7.55. The van der Waals surface area contributed by atoms with Gasteiger partial charge in [0.15, 0.2) is 6.61 Å². The molecule has 1 aromatic heterocycles. The zero-order chi connectivity index (χ0) is 24.0. The Bertz CT molecular complexity index is 1130. The summed E-state index contributed by atoms with van der Waals surface area (Å²) in [7, 11) is 0. The Hall–Kier alpha value is -4.00. The number of hydrogen-bond acceptors (Lipinski definition) is 6. The van der Waals surface area contributed by atoms with Crippen LogP contribution >= 0.6 is 0 Å². The fourth-order valence-corrected chi connectivity index (χ4v) is 3.05. The van der Waals surface area contributed by atoms with E-state index in [4.69, 9.17) is 4.74 Å². The van der Waals surface area contributed by atoms with Gasteiger partial charge in [-0.25, -0.2) is 4.79 Å². The Labute approximate surface area is 184 Å². The van der Waals surface area contributed by atoms with E-state index < -0.39 is 34.9 Å². The number of halogens is 1. The van der Waals surface area contributed by atoms with Crippen molar-refractivity contribution in [1.29, 1.82) is 5.26 Å². The molecular weight excluding hydrogens is 419 g/mol. The van der Waals surface area contributed by atoms with Crippen LogP contribution in [0.4, 0.5) is 15.8 Å². The smallest absolute Gasteiger partial charge is 0.349 e. The van der Waals surface area contributed by atoms with Gasteiger partial charge < -0.3 is 14.6 Å². The minimum Gasteiger partial charge on any atom is -0.451 e. The predicted octanol–water partition coefficient (Wildman–Crippen LogP) is 3.90. The first-order valence-electron chi connectivity index (χ1n) is 9.73. The maximum absolute atomic E-state index is 13.4. The lowest BCUT2D eigenvalue weighted by molar-refractivity contribution is -0.387. The number of amides is 1. The van der Waals surface area contributed by atoms with Gasteiger partial charge in [-0.1, -0.05) is 13.8 Å². The van der Waals surface area contributed by atoms with E-state index in [1.807, 2.05) is 19.9 Å². The minimum atomic E-state index is -1.05. The Morgan fingerprint density at radius 1 is 1.34 bits per heavy atom. The summed E-state index contributed by atoms with van der Waals surface area (Å²) in [6, 6.07) is 6.46. The third-order valence-corrected chi connectivity index (χ3v) is 4.56. The summed E-state index contributed by atoms with van der Waals surface area (Å²) < 4.78 is 20.4. The van der Waals surface area contributed by atoms with E-state index in [0.717, 1.165) is 36.1 Å². The Kier molecular flexibility index (Phi) is 7.85. The molecule has 0 aliphatic heterocycles. The highest BCUT2D eigenvalue weighted by atomic mass is 19.1. The summed E-state index contributed by atoms with van der Waals surface area (Å²) in [6.07, 6.45) is 1.41. The summed E-state index contributed by atoms with van der Waals surface area (Å²) in [4.78, 5) is 34.1. The number of carbonyl (C=O) groups is 2. The summed E-state index contributed by atoms with van der Waals surface area (Å²) in [5.74, 6) is -2.41. The number of nitro benzene ring substituents is 1. The highest BCUT2D eigenvalue weighted by Crippen LogP contribution is 2.22. The summed E-state index contributed by atoms with van der Waals surface area (Å²) in [5.41, 5.74) is 1.46. The zero-order valence-corrected chi connectivity index (χ0v) is 18.1. The van der Waals surface area contributed by atoms with E-state index in [1.165, 1.54) is 6.08 Å². The standard InChI is InChI=1S/C22H23FN4O5/c1-13(2)11-26-14(3)7-16(15(26)4)8-17(10-24)22(29)32-12-21(28)25-18-5-6-19(23)20(9-18)27(30)31/h5-9,13H,11-12H2,1-4H3,(H,25,28). The lowest BCUT2D eigenvalue weighted by Gasteiger charge is -2.12. The van der Waals surface area contributed by atoms with Crippen molar-refractivity contribution < 1.29 is 23.6 Å². The molecule has 0 fully saturated rings. The lowest BCUT2D eigenvalue weighted by atomic mass is 10.1. The van der Waals surface area contributed by atoms with Gasteiger partial charge in [-0.2, -0.15) is 9.65 Å². The maximum Gasteiger partial charge on any atom is 0.349 e. The van der Waals surface area contributed by atoms with Crippen molar-refractivity contribution in [3.8, 4) is 6.07 Å². The third kappa shape index (κ3) is 6.01. The quantitative estimate of drug-likeness (QED) is 0.217. The largest absolute Gasteiger partial charge is 0.451 e. The van der Waals surface area contributed by atoms with E-state index >= 15 is 0 Å². The number of nitriles is 1. The average molecular weight is 442 g/mol. The molecule has 1 aromatic carbocycles. The van der Waals surface area contributed by atoms with Crippen LogP contribution in [0.15, 0.2) is 29.8 Å². The number of rotatable bonds is 8. The lowest BCUT2D eigenvalue weighted by Crippen LogP contribution is -2.21. The van der Waals surface area contributed by atoms with Gasteiger partial charge in [0, 0.05) is 29.7 Å². The van der Waals surface area contributed by atoms with Gasteiger partial charge in [-0.3, -0.25) is 14.9 Å². The van der Waals surface area contributed by atoms with E-state index in [9.17, 15) is 29.4 Å². The highest BCUT2D eigenvalue weighted by Gasteiger charge is 2.18. The molecule has 1 N–H and O–H groups in total. The summed E-state index contributed by atoms with van der Waals surface area (Å²) in [6.45, 7) is 8.05. The van der Waals surface area contributed by atoms with E-state index in [0.29, 0.717) is 11.5 Å². The SMILES string of the molecule is Cc1cc(C=C(C#N)C(=O)OCC(=O)Nc2ccc(F)c([N+](=O)[O-])c2)c(C)n1CC(C)C. The van der Waals surface area contributed by atoms with Gasteiger partial charge in [0.2, 0.25) is 5.82 Å². The van der Waals surface area contributed by atoms with Crippen LogP contribution in [-0.4, -0.2) is 28.0 Å². The first kappa shape index (κ1) is 24.3. The molecule has 168 valence electrons. The molecule has 0 saturated heterocycles. The molecule has 32 heavy (non-hydrogen) atoms. The molecule has 10 heteroatoms. The zero-order valence-electron chi connectivity index (χ0n) is 18.1. The fourth-order valence-electron chi connectivity index (χ4n) is 3.05. The number of carbonyl (C=O) groups excluding carboxylic acids is 2. The Morgan fingerprint density at radius 2 is 2.03 bits per heavy atom.